The standard InChI is InChI=1S/C11H12N2O2S/c1-7-5-8(3-4-9(7)14)11-12-10(6-16-2)13-15-11/h3-5,14H,6H2,1-2H3. The fourth-order valence-electron chi connectivity index (χ4n) is 1.35. The SMILES string of the molecule is CSCc1noc(-c2ccc(O)c(C)c2)n1. The maximum absolute atomic E-state index is 9.41. The van der Waals surface area contributed by atoms with Crippen LogP contribution < -0.4 is 0 Å². The van der Waals surface area contributed by atoms with E-state index in [0.29, 0.717) is 11.7 Å². The Morgan fingerprint density at radius 2 is 2.25 bits per heavy atom. The van der Waals surface area contributed by atoms with Crippen molar-refractivity contribution < 1.29 is 9.63 Å². The van der Waals surface area contributed by atoms with E-state index < -0.39 is 0 Å². The van der Waals surface area contributed by atoms with Gasteiger partial charge < -0.3 is 9.63 Å². The number of phenols is 1. The van der Waals surface area contributed by atoms with Gasteiger partial charge in [-0.05, 0) is 36.9 Å². The van der Waals surface area contributed by atoms with Crippen molar-refractivity contribution in [2.24, 2.45) is 0 Å². The smallest absolute Gasteiger partial charge is 0.257 e. The van der Waals surface area contributed by atoms with Gasteiger partial charge in [0.15, 0.2) is 5.82 Å². The van der Waals surface area contributed by atoms with E-state index in [-0.39, 0.29) is 5.75 Å². The molecule has 0 saturated carbocycles. The number of aryl methyl sites for hydroxylation is 1. The van der Waals surface area contributed by atoms with Crippen LogP contribution in [0.4, 0.5) is 0 Å². The first-order valence-electron chi connectivity index (χ1n) is 4.82. The van der Waals surface area contributed by atoms with Crippen LogP contribution in [0, 0.1) is 6.92 Å². The summed E-state index contributed by atoms with van der Waals surface area (Å²) in [5.41, 5.74) is 1.62. The molecule has 0 amide bonds. The highest BCUT2D eigenvalue weighted by atomic mass is 32.2. The number of thioether (sulfide) groups is 1. The van der Waals surface area contributed by atoms with Crippen LogP contribution in [0.5, 0.6) is 5.75 Å². The summed E-state index contributed by atoms with van der Waals surface area (Å²) in [4.78, 5) is 4.26. The highest BCUT2D eigenvalue weighted by Gasteiger charge is 2.09. The number of aromatic nitrogens is 2. The molecule has 0 fully saturated rings. The molecule has 1 aromatic heterocycles. The van der Waals surface area contributed by atoms with Crippen molar-refractivity contribution in [3.8, 4) is 17.2 Å². The summed E-state index contributed by atoms with van der Waals surface area (Å²) in [6.07, 6.45) is 1.99. The molecule has 0 aliphatic rings. The molecule has 84 valence electrons. The van der Waals surface area contributed by atoms with Crippen molar-refractivity contribution >= 4 is 11.8 Å². The topological polar surface area (TPSA) is 59.2 Å². The number of phenolic OH excluding ortho intramolecular Hbond substituents is 1. The van der Waals surface area contributed by atoms with E-state index in [9.17, 15) is 5.11 Å². The molecule has 4 nitrogen and oxygen atoms in total. The number of aromatic hydroxyl groups is 1. The summed E-state index contributed by atoms with van der Waals surface area (Å²) in [6, 6.07) is 5.22. The summed E-state index contributed by atoms with van der Waals surface area (Å²) in [5.74, 6) is 2.19. The molecule has 1 aromatic carbocycles. The van der Waals surface area contributed by atoms with Gasteiger partial charge in [0.2, 0.25) is 0 Å². The zero-order valence-electron chi connectivity index (χ0n) is 9.10. The molecule has 0 unspecified atom stereocenters. The van der Waals surface area contributed by atoms with Crippen LogP contribution in [0.2, 0.25) is 0 Å². The van der Waals surface area contributed by atoms with Crippen molar-refractivity contribution in [2.75, 3.05) is 6.26 Å². The van der Waals surface area contributed by atoms with Gasteiger partial charge in [-0.3, -0.25) is 0 Å². The second kappa shape index (κ2) is 4.57. The minimum Gasteiger partial charge on any atom is -0.508 e. The van der Waals surface area contributed by atoms with Crippen LogP contribution >= 0.6 is 11.8 Å². The molecule has 2 aromatic rings. The summed E-state index contributed by atoms with van der Waals surface area (Å²) in [7, 11) is 0. The molecule has 0 saturated heterocycles. The number of hydrogen-bond acceptors (Lipinski definition) is 5. The third-order valence-electron chi connectivity index (χ3n) is 2.19. The predicted octanol–water partition coefficient (Wildman–Crippen LogP) is 2.61. The van der Waals surface area contributed by atoms with E-state index in [0.717, 1.165) is 16.9 Å². The minimum absolute atomic E-state index is 0.271. The van der Waals surface area contributed by atoms with E-state index in [1.807, 2.05) is 19.2 Å². The van der Waals surface area contributed by atoms with Gasteiger partial charge in [-0.15, -0.1) is 0 Å². The van der Waals surface area contributed by atoms with E-state index in [1.165, 1.54) is 0 Å². The summed E-state index contributed by atoms with van der Waals surface area (Å²) in [5, 5.41) is 13.3. The Morgan fingerprint density at radius 1 is 1.44 bits per heavy atom. The van der Waals surface area contributed by atoms with Gasteiger partial charge in [-0.25, -0.2) is 0 Å². The zero-order chi connectivity index (χ0) is 11.5. The number of hydrogen-bond donors (Lipinski definition) is 1. The van der Waals surface area contributed by atoms with Gasteiger partial charge in [0.05, 0.1) is 5.75 Å². The van der Waals surface area contributed by atoms with Crippen molar-refractivity contribution in [2.45, 2.75) is 12.7 Å². The van der Waals surface area contributed by atoms with Crippen molar-refractivity contribution in [1.82, 2.24) is 10.1 Å². The normalized spacial score (nSPS) is 10.6. The van der Waals surface area contributed by atoms with E-state index in [1.54, 1.807) is 23.9 Å². The average Bonchev–Trinajstić information content (AvgIpc) is 2.71. The van der Waals surface area contributed by atoms with Crippen molar-refractivity contribution in [3.63, 3.8) is 0 Å². The molecule has 16 heavy (non-hydrogen) atoms. The molecule has 1 heterocycles. The molecule has 0 aliphatic carbocycles. The van der Waals surface area contributed by atoms with Crippen LogP contribution in [0.25, 0.3) is 11.5 Å². The Kier molecular flexibility index (Phi) is 3.14. The predicted molar refractivity (Wildman–Crippen MR) is 63.4 cm³/mol. The lowest BCUT2D eigenvalue weighted by Crippen LogP contribution is -1.83. The Labute approximate surface area is 97.7 Å². The summed E-state index contributed by atoms with van der Waals surface area (Å²) >= 11 is 1.64. The first-order chi connectivity index (χ1) is 7.70. The Morgan fingerprint density at radius 3 is 2.94 bits per heavy atom. The minimum atomic E-state index is 0.271. The van der Waals surface area contributed by atoms with E-state index in [2.05, 4.69) is 10.1 Å². The fourth-order valence-corrected chi connectivity index (χ4v) is 1.72. The van der Waals surface area contributed by atoms with Gasteiger partial charge in [-0.2, -0.15) is 16.7 Å². The van der Waals surface area contributed by atoms with Crippen LogP contribution in [0.15, 0.2) is 22.7 Å². The molecule has 1 N–H and O–H groups in total. The highest BCUT2D eigenvalue weighted by molar-refractivity contribution is 7.97. The lowest BCUT2D eigenvalue weighted by Gasteiger charge is -1.99. The number of benzene rings is 1. The first kappa shape index (κ1) is 11.0. The van der Waals surface area contributed by atoms with Crippen LogP contribution in [-0.2, 0) is 5.75 Å². The lowest BCUT2D eigenvalue weighted by molar-refractivity contribution is 0.425. The van der Waals surface area contributed by atoms with Gasteiger partial charge in [0.1, 0.15) is 5.75 Å². The Bertz CT molecular complexity index is 496. The quantitative estimate of drug-likeness (QED) is 0.887. The number of nitrogens with zero attached hydrogens (tertiary/aromatic N) is 2. The Balaban J connectivity index is 2.31. The van der Waals surface area contributed by atoms with Gasteiger partial charge >= 0.3 is 0 Å². The molecule has 0 spiro atoms. The third kappa shape index (κ3) is 2.19. The van der Waals surface area contributed by atoms with Crippen LogP contribution in [-0.4, -0.2) is 21.5 Å². The fraction of sp³-hybridized carbons (Fsp3) is 0.273. The maximum Gasteiger partial charge on any atom is 0.257 e. The molecule has 0 bridgehead atoms. The van der Waals surface area contributed by atoms with E-state index >= 15 is 0 Å². The first-order valence-corrected chi connectivity index (χ1v) is 6.21. The molecule has 0 radical (unpaired) electrons. The molecular weight excluding hydrogens is 224 g/mol. The second-order valence-electron chi connectivity index (χ2n) is 3.45. The largest absolute Gasteiger partial charge is 0.508 e. The summed E-state index contributed by atoms with van der Waals surface area (Å²) in [6.45, 7) is 1.83. The highest BCUT2D eigenvalue weighted by Crippen LogP contribution is 2.24. The third-order valence-corrected chi connectivity index (χ3v) is 2.73. The average molecular weight is 236 g/mol. The molecular formula is C11H12N2O2S. The van der Waals surface area contributed by atoms with Gasteiger partial charge in [0, 0.05) is 5.56 Å². The van der Waals surface area contributed by atoms with Gasteiger partial charge in [0.25, 0.3) is 5.89 Å². The molecule has 0 aliphatic heterocycles. The van der Waals surface area contributed by atoms with Crippen molar-refractivity contribution in [3.05, 3.63) is 29.6 Å². The Hall–Kier alpha value is -1.49. The van der Waals surface area contributed by atoms with E-state index in [4.69, 9.17) is 4.52 Å². The lowest BCUT2D eigenvalue weighted by atomic mass is 10.1. The number of rotatable bonds is 3. The van der Waals surface area contributed by atoms with Crippen molar-refractivity contribution in [1.29, 1.82) is 0 Å². The zero-order valence-corrected chi connectivity index (χ0v) is 9.91. The van der Waals surface area contributed by atoms with Gasteiger partial charge in [-0.1, -0.05) is 5.16 Å². The molecule has 2 rings (SSSR count). The monoisotopic (exact) mass is 236 g/mol. The van der Waals surface area contributed by atoms with Crippen LogP contribution in [0.3, 0.4) is 0 Å². The van der Waals surface area contributed by atoms with Crippen LogP contribution in [0.1, 0.15) is 11.4 Å². The maximum atomic E-state index is 9.41. The molecule has 5 heteroatoms. The summed E-state index contributed by atoms with van der Waals surface area (Å²) < 4.78 is 5.14. The molecule has 0 atom stereocenters. The second-order valence-corrected chi connectivity index (χ2v) is 4.32.